The van der Waals surface area contributed by atoms with Crippen molar-refractivity contribution in [3.63, 3.8) is 0 Å². The zero-order valence-corrected chi connectivity index (χ0v) is 4.65. The summed E-state index contributed by atoms with van der Waals surface area (Å²) in [7, 11) is 1.77. The van der Waals surface area contributed by atoms with Gasteiger partial charge in [0.15, 0.2) is 5.96 Å². The third kappa shape index (κ3) is 0.641. The Morgan fingerprint density at radius 3 is 2.38 bits per heavy atom. The minimum atomic E-state index is 0.315. The summed E-state index contributed by atoms with van der Waals surface area (Å²) in [6.07, 6.45) is 0. The van der Waals surface area contributed by atoms with Crippen molar-refractivity contribution in [2.45, 2.75) is 0 Å². The van der Waals surface area contributed by atoms with Gasteiger partial charge in [-0.25, -0.2) is 0 Å². The van der Waals surface area contributed by atoms with E-state index in [1.165, 1.54) is 0 Å². The van der Waals surface area contributed by atoms with Gasteiger partial charge in [0.05, 0.1) is 6.54 Å². The van der Waals surface area contributed by atoms with Crippen LogP contribution < -0.4 is 5.32 Å². The maximum Gasteiger partial charge on any atom is 0.196 e. The summed E-state index contributed by atoms with van der Waals surface area (Å²) in [4.78, 5) is 1.67. The lowest BCUT2D eigenvalue weighted by Gasteiger charge is -2.03. The van der Waals surface area contributed by atoms with Gasteiger partial charge in [0.25, 0.3) is 0 Å². The summed E-state index contributed by atoms with van der Waals surface area (Å²) in [6.45, 7) is 0.541. The highest BCUT2D eigenvalue weighted by Gasteiger charge is 2.15. The molecule has 1 fully saturated rings. The van der Waals surface area contributed by atoms with E-state index in [-0.39, 0.29) is 0 Å². The van der Waals surface area contributed by atoms with Crippen LogP contribution in [0.25, 0.3) is 0 Å². The number of hydrogen-bond acceptors (Lipinski definition) is 2. The lowest BCUT2D eigenvalue weighted by atomic mass is 10.6. The molecule has 0 spiro atoms. The largest absolute Gasteiger partial charge is 0.338 e. The molecular weight excluding hydrogens is 104 g/mol. The molecule has 0 atom stereocenters. The van der Waals surface area contributed by atoms with E-state index in [0.29, 0.717) is 18.3 Å². The van der Waals surface area contributed by atoms with Crippen LogP contribution in [0.2, 0.25) is 0 Å². The molecule has 0 radical (unpaired) electrons. The maximum absolute atomic E-state index is 7.06. The molecule has 0 unspecified atom stereocenters. The van der Waals surface area contributed by atoms with Crippen molar-refractivity contribution in [1.82, 2.24) is 10.2 Å². The van der Waals surface area contributed by atoms with Gasteiger partial charge in [-0.05, 0) is 0 Å². The number of hydrogen-bond donors (Lipinski definition) is 3. The minimum absolute atomic E-state index is 0.315. The quantitative estimate of drug-likeness (QED) is 0.393. The van der Waals surface area contributed by atoms with Gasteiger partial charge in [-0.1, -0.05) is 0 Å². The molecule has 4 nitrogen and oxygen atoms in total. The molecule has 0 bridgehead atoms. The summed E-state index contributed by atoms with van der Waals surface area (Å²) in [5.41, 5.74) is 0. The van der Waals surface area contributed by atoms with Crippen LogP contribution in [0.1, 0.15) is 0 Å². The fraction of sp³-hybridized carbons (Fsp3) is 0.500. The molecule has 8 heavy (non-hydrogen) atoms. The van der Waals surface area contributed by atoms with Crippen molar-refractivity contribution in [3.05, 3.63) is 0 Å². The lowest BCUT2D eigenvalue weighted by molar-refractivity contribution is 0.590. The van der Waals surface area contributed by atoms with Crippen molar-refractivity contribution < 1.29 is 0 Å². The fourth-order valence-electron chi connectivity index (χ4n) is 0.594. The normalized spacial score (nSPS) is 19.4. The van der Waals surface area contributed by atoms with Crippen LogP contribution in [0.4, 0.5) is 0 Å². The van der Waals surface area contributed by atoms with Gasteiger partial charge in [0, 0.05) is 7.05 Å². The standard InChI is InChI=1S/C4H8N4/c1-8-2-3(5)7-4(8)6/h2H2,1H3,(H3,5,6,7). The Kier molecular flexibility index (Phi) is 0.932. The number of likely N-dealkylation sites (N-methyl/N-ethyl adjacent to an activating group) is 1. The molecule has 1 heterocycles. The zero-order chi connectivity index (χ0) is 6.15. The zero-order valence-electron chi connectivity index (χ0n) is 4.65. The number of amidine groups is 1. The van der Waals surface area contributed by atoms with Gasteiger partial charge >= 0.3 is 0 Å². The van der Waals surface area contributed by atoms with Crippen LogP contribution in [0.5, 0.6) is 0 Å². The van der Waals surface area contributed by atoms with Gasteiger partial charge in [0.1, 0.15) is 5.84 Å². The second kappa shape index (κ2) is 1.47. The molecule has 0 aromatic heterocycles. The molecule has 44 valence electrons. The number of nitrogens with one attached hydrogen (secondary N) is 3. The number of rotatable bonds is 0. The van der Waals surface area contributed by atoms with E-state index < -0.39 is 0 Å². The predicted molar refractivity (Wildman–Crippen MR) is 31.2 cm³/mol. The summed E-state index contributed by atoms with van der Waals surface area (Å²) in [5.74, 6) is 0.715. The van der Waals surface area contributed by atoms with E-state index in [2.05, 4.69) is 5.32 Å². The Bertz CT molecular complexity index is 139. The highest BCUT2D eigenvalue weighted by Crippen LogP contribution is 1.89. The second-order valence-electron chi connectivity index (χ2n) is 1.81. The van der Waals surface area contributed by atoms with Gasteiger partial charge < -0.3 is 10.2 Å². The van der Waals surface area contributed by atoms with E-state index in [0.717, 1.165) is 0 Å². The molecule has 1 aliphatic rings. The summed E-state index contributed by atoms with van der Waals surface area (Å²) in [6, 6.07) is 0. The van der Waals surface area contributed by atoms with Gasteiger partial charge in [0.2, 0.25) is 0 Å². The Balaban J connectivity index is 2.64. The first kappa shape index (κ1) is 5.08. The molecule has 1 saturated heterocycles. The first-order valence-corrected chi connectivity index (χ1v) is 2.34. The average Bonchev–Trinajstić information content (AvgIpc) is 1.85. The van der Waals surface area contributed by atoms with Gasteiger partial charge in [-0.3, -0.25) is 10.8 Å². The van der Waals surface area contributed by atoms with Crippen molar-refractivity contribution in [3.8, 4) is 0 Å². The van der Waals surface area contributed by atoms with E-state index in [4.69, 9.17) is 10.8 Å². The third-order valence-electron chi connectivity index (χ3n) is 1.05. The van der Waals surface area contributed by atoms with Crippen molar-refractivity contribution in [1.29, 1.82) is 10.8 Å². The highest BCUT2D eigenvalue weighted by molar-refractivity contribution is 6.04. The van der Waals surface area contributed by atoms with Crippen molar-refractivity contribution in [2.75, 3.05) is 13.6 Å². The molecule has 1 aliphatic heterocycles. The molecule has 4 heteroatoms. The number of nitrogens with zero attached hydrogens (tertiary/aromatic N) is 1. The lowest BCUT2D eigenvalue weighted by Crippen LogP contribution is -2.25. The molecule has 1 rings (SSSR count). The predicted octanol–water partition coefficient (Wildman–Crippen LogP) is -0.567. The number of guanidine groups is 1. The van der Waals surface area contributed by atoms with Crippen LogP contribution >= 0.6 is 0 Å². The van der Waals surface area contributed by atoms with Gasteiger partial charge in [-0.15, -0.1) is 0 Å². The Labute approximate surface area is 47.5 Å². The molecular formula is C4H8N4. The summed E-state index contributed by atoms with van der Waals surface area (Å²) < 4.78 is 0. The maximum atomic E-state index is 7.06. The first-order valence-electron chi connectivity index (χ1n) is 2.34. The van der Waals surface area contributed by atoms with Crippen LogP contribution in [0, 0.1) is 10.8 Å². The molecule has 0 saturated carbocycles. The van der Waals surface area contributed by atoms with Crippen molar-refractivity contribution >= 4 is 11.8 Å². The molecule has 0 aromatic carbocycles. The fourth-order valence-corrected chi connectivity index (χ4v) is 0.594. The monoisotopic (exact) mass is 112 g/mol. The van der Waals surface area contributed by atoms with Crippen LogP contribution in [-0.2, 0) is 0 Å². The Morgan fingerprint density at radius 1 is 1.62 bits per heavy atom. The topological polar surface area (TPSA) is 63.0 Å². The third-order valence-corrected chi connectivity index (χ3v) is 1.05. The summed E-state index contributed by atoms with van der Waals surface area (Å²) in [5, 5.41) is 16.6. The molecule has 0 amide bonds. The highest BCUT2D eigenvalue weighted by atomic mass is 15.3. The van der Waals surface area contributed by atoms with E-state index in [9.17, 15) is 0 Å². The smallest absolute Gasteiger partial charge is 0.196 e. The minimum Gasteiger partial charge on any atom is -0.338 e. The van der Waals surface area contributed by atoms with E-state index in [1.54, 1.807) is 11.9 Å². The second-order valence-corrected chi connectivity index (χ2v) is 1.81. The molecule has 0 aliphatic carbocycles. The summed E-state index contributed by atoms with van der Waals surface area (Å²) >= 11 is 0. The van der Waals surface area contributed by atoms with Crippen LogP contribution in [-0.4, -0.2) is 30.3 Å². The van der Waals surface area contributed by atoms with E-state index in [1.807, 2.05) is 0 Å². The Hall–Kier alpha value is -1.06. The van der Waals surface area contributed by atoms with Gasteiger partial charge in [-0.2, -0.15) is 0 Å². The average molecular weight is 112 g/mol. The molecule has 0 aromatic rings. The molecule has 3 N–H and O–H groups in total. The SMILES string of the molecule is CN1CC(=N)NC1=N. The van der Waals surface area contributed by atoms with Crippen LogP contribution in [0.3, 0.4) is 0 Å². The first-order chi connectivity index (χ1) is 3.70. The van der Waals surface area contributed by atoms with Crippen molar-refractivity contribution in [2.24, 2.45) is 0 Å². The van der Waals surface area contributed by atoms with E-state index >= 15 is 0 Å². The Morgan fingerprint density at radius 2 is 2.25 bits per heavy atom. The van der Waals surface area contributed by atoms with Crippen LogP contribution in [0.15, 0.2) is 0 Å².